The summed E-state index contributed by atoms with van der Waals surface area (Å²) in [4.78, 5) is 8.98. The summed E-state index contributed by atoms with van der Waals surface area (Å²) in [6.45, 7) is 2.07. The molecule has 0 atom stereocenters. The number of phenols is 1. The molecule has 14 aromatic rings. The Bertz CT molecular complexity index is 4420. The number of hydrogen-bond acceptors (Lipinski definition) is 8. The highest BCUT2D eigenvalue weighted by atomic mass is 79.9. The van der Waals surface area contributed by atoms with Crippen LogP contribution in [0.4, 0.5) is 68.2 Å². The summed E-state index contributed by atoms with van der Waals surface area (Å²) in [6.07, 6.45) is 0. The third-order valence-corrected chi connectivity index (χ3v) is 17.2. The molecule has 0 aliphatic rings. The molecule has 0 unspecified atom stereocenters. The Morgan fingerprint density at radius 1 is 0.299 bits per heavy atom. The number of hydrogen-bond donors (Lipinski definition) is 1. The topological polar surface area (TPSA) is 42.4 Å². The number of aryl methyl sites for hydroxylation is 1. The minimum absolute atomic E-state index is 0.208. The van der Waals surface area contributed by atoms with Crippen LogP contribution in [0.2, 0.25) is 0 Å². The summed E-state index contributed by atoms with van der Waals surface area (Å²) < 4.78 is 11.2. The first-order valence-electron chi connectivity index (χ1n) is 28.4. The predicted octanol–water partition coefficient (Wildman–Crippen LogP) is 24.7. The molecular weight excluding hydrogens is 1240 g/mol. The molecule has 0 saturated heterocycles. The summed E-state index contributed by atoms with van der Waals surface area (Å²) in [5, 5.41) is 17.8. The number of nitrogens with zero attached hydrogens (tertiary/aromatic N) is 4. The molecule has 2 heterocycles. The van der Waals surface area contributed by atoms with Gasteiger partial charge in [0.1, 0.15) is 17.2 Å². The average molecular weight is 1300 g/mol. The molecule has 12 aromatic carbocycles. The van der Waals surface area contributed by atoms with Crippen molar-refractivity contribution < 1.29 is 9.84 Å². The SMILES string of the molecule is Brc1cccc(Oc2cc(N(c3ccccc3)c3ccccc3)cc(N(c3ccccc3)c3csc4ccccc34)c2)c1.Cc1cccc(Br)c1.Oc1cc(N(c2ccccc2)c2ccccc2)cc(N(c2ccccc2)c2csc3ccccc23)c1. The van der Waals surface area contributed by atoms with Crippen molar-refractivity contribution in [3.05, 3.63) is 341 Å². The molecule has 87 heavy (non-hydrogen) atoms. The van der Waals surface area contributed by atoms with Gasteiger partial charge < -0.3 is 29.4 Å². The molecule has 0 fully saturated rings. The van der Waals surface area contributed by atoms with Gasteiger partial charge in [-0.2, -0.15) is 0 Å². The van der Waals surface area contributed by atoms with Crippen LogP contribution < -0.4 is 24.3 Å². The number of fused-ring (bicyclic) bond motifs is 2. The van der Waals surface area contributed by atoms with Crippen LogP contribution >= 0.6 is 54.5 Å². The molecule has 0 aliphatic carbocycles. The minimum atomic E-state index is 0.208. The van der Waals surface area contributed by atoms with Gasteiger partial charge in [0.25, 0.3) is 0 Å². The van der Waals surface area contributed by atoms with Gasteiger partial charge in [0.15, 0.2) is 0 Å². The maximum atomic E-state index is 11.0. The van der Waals surface area contributed by atoms with Gasteiger partial charge in [-0.3, -0.25) is 0 Å². The van der Waals surface area contributed by atoms with Crippen molar-refractivity contribution in [2.24, 2.45) is 0 Å². The van der Waals surface area contributed by atoms with Gasteiger partial charge in [0.2, 0.25) is 0 Å². The molecule has 0 saturated carbocycles. The van der Waals surface area contributed by atoms with Crippen LogP contribution in [0.1, 0.15) is 5.56 Å². The Morgan fingerprint density at radius 3 is 1.01 bits per heavy atom. The zero-order chi connectivity index (χ0) is 59.3. The standard InChI is InChI=1S/C38H27BrN2OS.C32H24N2OS.C7H7Br/c39-28-13-12-20-34(23-28)42-35-25-32(40(29-14-4-1-5-15-29)30-16-6-2-7-17-30)24-33(26-35)41(31-18-8-3-9-19-31)37-27-43-38-22-11-10-21-36(37)38;35-29-21-27(33(24-12-4-1-5-13-24)25-14-6-2-7-15-25)20-28(22-29)34(26-16-8-3-9-17-26)31-23-36-32-19-11-10-18-30(31)32;1-6-3-2-4-7(8)5-6/h1-27H;1-23,35H;2-5H,1H3. The maximum absolute atomic E-state index is 11.0. The van der Waals surface area contributed by atoms with Gasteiger partial charge in [-0.1, -0.05) is 201 Å². The quantitative estimate of drug-likeness (QED) is 0.117. The van der Waals surface area contributed by atoms with E-state index in [1.165, 1.54) is 25.7 Å². The molecule has 1 N–H and O–H groups in total. The molecule has 10 heteroatoms. The number of phenolic OH excluding ortho intramolecular Hbond substituents is 1. The van der Waals surface area contributed by atoms with Gasteiger partial charge in [0, 0.05) is 98.3 Å². The predicted molar refractivity (Wildman–Crippen MR) is 377 cm³/mol. The summed E-state index contributed by atoms with van der Waals surface area (Å²) in [6, 6.07) is 108. The van der Waals surface area contributed by atoms with Gasteiger partial charge in [-0.25, -0.2) is 0 Å². The lowest BCUT2D eigenvalue weighted by atomic mass is 10.1. The van der Waals surface area contributed by atoms with Gasteiger partial charge in [-0.15, -0.1) is 22.7 Å². The second-order valence-electron chi connectivity index (χ2n) is 20.3. The molecule has 0 bridgehead atoms. The van der Waals surface area contributed by atoms with Gasteiger partial charge in [0.05, 0.1) is 34.1 Å². The van der Waals surface area contributed by atoms with Crippen LogP contribution in [-0.4, -0.2) is 5.11 Å². The normalized spacial score (nSPS) is 10.7. The Balaban J connectivity index is 0.000000152. The second kappa shape index (κ2) is 27.6. The first kappa shape index (κ1) is 57.7. The van der Waals surface area contributed by atoms with Crippen molar-refractivity contribution in [1.29, 1.82) is 0 Å². The fourth-order valence-corrected chi connectivity index (χ4v) is 13.2. The largest absolute Gasteiger partial charge is 0.508 e. The molecular formula is C77H58Br2N4O2S2. The van der Waals surface area contributed by atoms with Crippen LogP contribution in [0.3, 0.4) is 0 Å². The van der Waals surface area contributed by atoms with E-state index < -0.39 is 0 Å². The van der Waals surface area contributed by atoms with Crippen molar-refractivity contribution in [3.8, 4) is 17.2 Å². The van der Waals surface area contributed by atoms with Crippen LogP contribution in [0.25, 0.3) is 20.2 Å². The first-order chi connectivity index (χ1) is 42.8. The van der Waals surface area contributed by atoms with Gasteiger partial charge >= 0.3 is 0 Å². The monoisotopic (exact) mass is 1290 g/mol. The van der Waals surface area contributed by atoms with Crippen molar-refractivity contribution in [1.82, 2.24) is 0 Å². The lowest BCUT2D eigenvalue weighted by Gasteiger charge is -2.30. The van der Waals surface area contributed by atoms with Gasteiger partial charge in [-0.05, 0) is 134 Å². The van der Waals surface area contributed by atoms with E-state index in [0.29, 0.717) is 0 Å². The minimum Gasteiger partial charge on any atom is -0.508 e. The highest BCUT2D eigenvalue weighted by Crippen LogP contribution is 2.48. The van der Waals surface area contributed by atoms with E-state index in [4.69, 9.17) is 4.74 Å². The molecule has 0 radical (unpaired) electrons. The van der Waals surface area contributed by atoms with Crippen LogP contribution in [-0.2, 0) is 0 Å². The van der Waals surface area contributed by atoms with E-state index in [9.17, 15) is 5.11 Å². The number of para-hydroxylation sites is 6. The molecule has 0 spiro atoms. The van der Waals surface area contributed by atoms with E-state index >= 15 is 0 Å². The van der Waals surface area contributed by atoms with E-state index in [-0.39, 0.29) is 5.75 Å². The number of rotatable bonds is 14. The summed E-state index contributed by atoms with van der Waals surface area (Å²) in [5.74, 6) is 1.71. The van der Waals surface area contributed by atoms with Crippen molar-refractivity contribution in [2.45, 2.75) is 6.92 Å². The number of benzene rings is 12. The molecule has 424 valence electrons. The average Bonchev–Trinajstić information content (AvgIpc) is 2.32. The maximum Gasteiger partial charge on any atom is 0.131 e. The molecule has 6 nitrogen and oxygen atoms in total. The Morgan fingerprint density at radius 2 is 0.632 bits per heavy atom. The fourth-order valence-electron chi connectivity index (χ4n) is 10.5. The summed E-state index contributed by atoms with van der Waals surface area (Å²) in [7, 11) is 0. The third-order valence-electron chi connectivity index (χ3n) is 14.3. The second-order valence-corrected chi connectivity index (χ2v) is 24.0. The number of aromatic hydroxyl groups is 1. The van der Waals surface area contributed by atoms with Crippen molar-refractivity contribution >= 4 is 143 Å². The first-order valence-corrected chi connectivity index (χ1v) is 31.7. The van der Waals surface area contributed by atoms with E-state index in [1.54, 1.807) is 22.7 Å². The number of thiophene rings is 2. The fraction of sp³-hybridized carbons (Fsp3) is 0.0130. The Kier molecular flexibility index (Phi) is 18.3. The highest BCUT2D eigenvalue weighted by molar-refractivity contribution is 9.10. The van der Waals surface area contributed by atoms with E-state index in [0.717, 1.165) is 88.7 Å². The molecule has 2 aromatic heterocycles. The summed E-state index contributed by atoms with van der Waals surface area (Å²) >= 11 is 10.4. The Hall–Kier alpha value is -9.68. The number of ether oxygens (including phenoxy) is 1. The van der Waals surface area contributed by atoms with Crippen LogP contribution in [0.5, 0.6) is 17.2 Å². The van der Waals surface area contributed by atoms with E-state index in [2.05, 4.69) is 269 Å². The third kappa shape index (κ3) is 13.9. The van der Waals surface area contributed by atoms with Crippen LogP contribution in [0, 0.1) is 6.92 Å². The van der Waals surface area contributed by atoms with Crippen molar-refractivity contribution in [3.63, 3.8) is 0 Å². The number of halogens is 2. The highest BCUT2D eigenvalue weighted by Gasteiger charge is 2.23. The van der Waals surface area contributed by atoms with E-state index in [1.807, 2.05) is 115 Å². The smallest absolute Gasteiger partial charge is 0.131 e. The van der Waals surface area contributed by atoms with Crippen molar-refractivity contribution in [2.75, 3.05) is 19.6 Å². The zero-order valence-electron chi connectivity index (χ0n) is 47.4. The zero-order valence-corrected chi connectivity index (χ0v) is 52.2. The Labute approximate surface area is 533 Å². The molecule has 0 amide bonds. The number of anilines is 12. The van der Waals surface area contributed by atoms with Crippen LogP contribution in [0.15, 0.2) is 335 Å². The molecule has 14 rings (SSSR count). The lowest BCUT2D eigenvalue weighted by molar-refractivity contribution is 0.475. The molecule has 0 aliphatic heterocycles. The summed E-state index contributed by atoms with van der Waals surface area (Å²) in [5.41, 5.74) is 13.5. The lowest BCUT2D eigenvalue weighted by Crippen LogP contribution is -2.13.